The van der Waals surface area contributed by atoms with Gasteiger partial charge in [-0.2, -0.15) is 13.2 Å². The van der Waals surface area contributed by atoms with Crippen LogP contribution in [0.2, 0.25) is 0 Å². The van der Waals surface area contributed by atoms with Crippen molar-refractivity contribution in [2.45, 2.75) is 37.9 Å². The van der Waals surface area contributed by atoms with Crippen LogP contribution in [0, 0.1) is 0 Å². The molecule has 1 fully saturated rings. The molecule has 3 rings (SSSR count). The number of halogens is 7. The van der Waals surface area contributed by atoms with Crippen molar-refractivity contribution < 1.29 is 40.3 Å². The number of anilines is 1. The molecule has 180 valence electrons. The molecule has 0 bridgehead atoms. The van der Waals surface area contributed by atoms with Crippen LogP contribution in [0.4, 0.5) is 36.6 Å². The average molecular weight is 499 g/mol. The predicted molar refractivity (Wildman–Crippen MR) is 103 cm³/mol. The van der Waals surface area contributed by atoms with Gasteiger partial charge in [-0.25, -0.2) is 27.5 Å². The Hall–Kier alpha value is -2.97. The van der Waals surface area contributed by atoms with Crippen molar-refractivity contribution in [1.82, 2.24) is 14.9 Å². The smallest absolute Gasteiger partial charge is 0.364 e. The number of pyridine rings is 1. The monoisotopic (exact) mass is 499 g/mol. The zero-order chi connectivity index (χ0) is 24.7. The molecule has 1 atom stereocenters. The van der Waals surface area contributed by atoms with Gasteiger partial charge in [0.15, 0.2) is 5.01 Å². The molecule has 1 unspecified atom stereocenters. The second-order valence-corrected chi connectivity index (χ2v) is 8.33. The number of carbonyl (C=O) groups is 2. The second-order valence-electron chi connectivity index (χ2n) is 7.33. The molecular weight excluding hydrogens is 483 g/mol. The molecule has 0 radical (unpaired) electrons. The minimum Gasteiger partial charge on any atom is -0.364 e. The molecule has 1 aliphatic heterocycles. The first-order chi connectivity index (χ1) is 15.2. The Morgan fingerprint density at radius 1 is 1.36 bits per heavy atom. The van der Waals surface area contributed by atoms with E-state index in [1.54, 1.807) is 0 Å². The highest BCUT2D eigenvalue weighted by molar-refractivity contribution is 7.17. The quantitative estimate of drug-likeness (QED) is 0.584. The van der Waals surface area contributed by atoms with Crippen molar-refractivity contribution in [2.24, 2.45) is 5.73 Å². The number of primary amides is 1. The number of aromatic nitrogens is 2. The number of thiazole rings is 1. The number of amides is 2. The Morgan fingerprint density at radius 3 is 2.55 bits per heavy atom. The van der Waals surface area contributed by atoms with Crippen LogP contribution < -0.4 is 11.1 Å². The third-order valence-corrected chi connectivity index (χ3v) is 5.82. The van der Waals surface area contributed by atoms with Crippen LogP contribution in [-0.2, 0) is 0 Å². The van der Waals surface area contributed by atoms with Crippen LogP contribution in [0.25, 0.3) is 10.4 Å². The van der Waals surface area contributed by atoms with Gasteiger partial charge < -0.3 is 16.0 Å². The summed E-state index contributed by atoms with van der Waals surface area (Å²) in [6.45, 7) is -1.09. The molecule has 2 aromatic heterocycles. The highest BCUT2D eigenvalue weighted by Crippen LogP contribution is 2.40. The number of likely N-dealkylation sites (tertiary alicyclic amines) is 1. The summed E-state index contributed by atoms with van der Waals surface area (Å²) in [5, 5.41) is 1.43. The van der Waals surface area contributed by atoms with E-state index in [0.29, 0.717) is 17.4 Å². The van der Waals surface area contributed by atoms with E-state index in [2.05, 4.69) is 9.97 Å². The Bertz CT molecular complexity index is 1070. The van der Waals surface area contributed by atoms with Crippen molar-refractivity contribution in [2.75, 3.05) is 18.4 Å². The SMILES string of the molecule is CC1CC(F)(F)CN1C(=O)c1nc(C(N)=O)sc1-c1cnc(NCC(F)(F)F)cc1C(F)F. The molecule has 0 spiro atoms. The molecule has 1 saturated heterocycles. The van der Waals surface area contributed by atoms with Crippen molar-refractivity contribution in [3.8, 4) is 10.4 Å². The summed E-state index contributed by atoms with van der Waals surface area (Å²) in [5.41, 5.74) is 3.43. The molecule has 0 aliphatic carbocycles. The average Bonchev–Trinajstić information content (AvgIpc) is 3.25. The van der Waals surface area contributed by atoms with Gasteiger partial charge in [0.2, 0.25) is 0 Å². The largest absolute Gasteiger partial charge is 0.405 e. The van der Waals surface area contributed by atoms with Gasteiger partial charge in [0.1, 0.15) is 18.1 Å². The number of nitrogens with two attached hydrogens (primary N) is 1. The van der Waals surface area contributed by atoms with Crippen molar-refractivity contribution in [3.05, 3.63) is 28.5 Å². The van der Waals surface area contributed by atoms with E-state index >= 15 is 0 Å². The van der Waals surface area contributed by atoms with E-state index in [4.69, 9.17) is 5.73 Å². The van der Waals surface area contributed by atoms with Crippen molar-refractivity contribution in [1.29, 1.82) is 0 Å². The highest BCUT2D eigenvalue weighted by atomic mass is 32.1. The van der Waals surface area contributed by atoms with E-state index < -0.39 is 83.5 Å². The standard InChI is InChI=1S/C18H16F7N5O2S/c1-7-3-17(21,22)6-30(7)16(32)11-12(33-15(29-11)14(26)31)9-4-27-10(2-8(9)13(19)20)28-5-18(23,24)25/h2,4,7,13H,3,5-6H2,1H3,(H2,26,31)(H,27,28). The van der Waals surface area contributed by atoms with Crippen LogP contribution in [-0.4, -0.2) is 57.9 Å². The molecule has 2 amide bonds. The van der Waals surface area contributed by atoms with Gasteiger partial charge in [-0.15, -0.1) is 11.3 Å². The summed E-state index contributed by atoms with van der Waals surface area (Å²) in [5.74, 6) is -5.79. The van der Waals surface area contributed by atoms with Gasteiger partial charge in [0, 0.05) is 29.8 Å². The topological polar surface area (TPSA) is 101 Å². The summed E-state index contributed by atoms with van der Waals surface area (Å²) in [4.78, 5) is 32.5. The van der Waals surface area contributed by atoms with Crippen LogP contribution in [0.15, 0.2) is 12.3 Å². The van der Waals surface area contributed by atoms with Crippen molar-refractivity contribution in [3.63, 3.8) is 0 Å². The van der Waals surface area contributed by atoms with Gasteiger partial charge in [-0.3, -0.25) is 9.59 Å². The zero-order valence-electron chi connectivity index (χ0n) is 16.7. The fourth-order valence-electron chi connectivity index (χ4n) is 3.30. The maximum absolute atomic E-state index is 13.8. The summed E-state index contributed by atoms with van der Waals surface area (Å²) in [6, 6.07) is -0.239. The number of hydrogen-bond donors (Lipinski definition) is 2. The maximum Gasteiger partial charge on any atom is 0.405 e. The van der Waals surface area contributed by atoms with E-state index in [1.807, 2.05) is 5.32 Å². The van der Waals surface area contributed by atoms with Crippen molar-refractivity contribution >= 4 is 29.0 Å². The Kier molecular flexibility index (Phi) is 6.55. The predicted octanol–water partition coefficient (Wildman–Crippen LogP) is 4.09. The lowest BCUT2D eigenvalue weighted by molar-refractivity contribution is -0.115. The van der Waals surface area contributed by atoms with Crippen LogP contribution in [0.3, 0.4) is 0 Å². The van der Waals surface area contributed by atoms with Crippen LogP contribution in [0.1, 0.15) is 45.6 Å². The number of alkyl halides is 7. The third-order valence-electron chi connectivity index (χ3n) is 4.71. The lowest BCUT2D eigenvalue weighted by Crippen LogP contribution is -2.35. The molecule has 15 heteroatoms. The first kappa shape index (κ1) is 24.7. The number of nitrogens with zero attached hydrogens (tertiary/aromatic N) is 3. The van der Waals surface area contributed by atoms with E-state index in [1.165, 1.54) is 6.92 Å². The van der Waals surface area contributed by atoms with E-state index in [-0.39, 0.29) is 4.88 Å². The fourth-order valence-corrected chi connectivity index (χ4v) is 4.24. The fraction of sp³-hybridized carbons (Fsp3) is 0.444. The number of nitrogens with one attached hydrogen (secondary N) is 1. The van der Waals surface area contributed by atoms with E-state index in [0.717, 1.165) is 11.1 Å². The minimum absolute atomic E-state index is 0.290. The lowest BCUT2D eigenvalue weighted by atomic mass is 10.1. The Balaban J connectivity index is 2.07. The number of rotatable bonds is 6. The minimum atomic E-state index is -4.63. The summed E-state index contributed by atoms with van der Waals surface area (Å²) in [7, 11) is 0. The molecule has 7 nitrogen and oxygen atoms in total. The van der Waals surface area contributed by atoms with Gasteiger partial charge in [0.05, 0.1) is 11.4 Å². The summed E-state index contributed by atoms with van der Waals surface area (Å²) in [6.07, 6.45) is -7.68. The Labute approximate surface area is 185 Å². The summed E-state index contributed by atoms with van der Waals surface area (Å²) < 4.78 is 92.3. The number of carbonyl (C=O) groups excluding carboxylic acids is 2. The lowest BCUT2D eigenvalue weighted by Gasteiger charge is -2.20. The molecule has 33 heavy (non-hydrogen) atoms. The van der Waals surface area contributed by atoms with Crippen LogP contribution in [0.5, 0.6) is 0 Å². The van der Waals surface area contributed by atoms with Gasteiger partial charge in [0.25, 0.3) is 24.2 Å². The Morgan fingerprint density at radius 2 is 2.03 bits per heavy atom. The molecule has 3 N–H and O–H groups in total. The van der Waals surface area contributed by atoms with E-state index in [9.17, 15) is 40.3 Å². The van der Waals surface area contributed by atoms with Crippen LogP contribution >= 0.6 is 11.3 Å². The maximum atomic E-state index is 13.8. The van der Waals surface area contributed by atoms with Gasteiger partial charge >= 0.3 is 6.18 Å². The highest BCUT2D eigenvalue weighted by Gasteiger charge is 2.46. The molecule has 0 aromatic carbocycles. The molecule has 1 aliphatic rings. The zero-order valence-corrected chi connectivity index (χ0v) is 17.5. The second kappa shape index (κ2) is 8.76. The first-order valence-corrected chi connectivity index (χ1v) is 10.1. The normalized spacial score (nSPS) is 18.1. The molecule has 2 aromatic rings. The molecule has 0 saturated carbocycles. The molecular formula is C18H16F7N5O2S. The third kappa shape index (κ3) is 5.51. The number of hydrogen-bond acceptors (Lipinski definition) is 6. The first-order valence-electron chi connectivity index (χ1n) is 9.27. The van der Waals surface area contributed by atoms with Gasteiger partial charge in [-0.1, -0.05) is 0 Å². The summed E-state index contributed by atoms with van der Waals surface area (Å²) >= 11 is 0.470. The molecule has 3 heterocycles. The van der Waals surface area contributed by atoms with Gasteiger partial charge in [-0.05, 0) is 13.0 Å².